The van der Waals surface area contributed by atoms with Crippen molar-refractivity contribution in [2.24, 2.45) is 0 Å². The molecule has 9 nitrogen and oxygen atoms in total. The Hall–Kier alpha value is -3.10. The second kappa shape index (κ2) is 7.44. The van der Waals surface area contributed by atoms with Gasteiger partial charge in [-0.3, -0.25) is 4.79 Å². The van der Waals surface area contributed by atoms with Crippen LogP contribution in [0.25, 0.3) is 11.4 Å². The van der Waals surface area contributed by atoms with E-state index in [4.69, 9.17) is 4.52 Å². The summed E-state index contributed by atoms with van der Waals surface area (Å²) in [7, 11) is 0. The van der Waals surface area contributed by atoms with Crippen LogP contribution in [0.3, 0.4) is 0 Å². The van der Waals surface area contributed by atoms with Crippen LogP contribution in [-0.4, -0.2) is 36.3 Å². The number of carbonyl (C=O) groups excluding carboxylic acids is 1. The second-order valence-electron chi connectivity index (χ2n) is 5.29. The van der Waals surface area contributed by atoms with Gasteiger partial charge in [0.25, 0.3) is 0 Å². The van der Waals surface area contributed by atoms with Crippen LogP contribution < -0.4 is 5.32 Å². The minimum atomic E-state index is -0.351. The van der Waals surface area contributed by atoms with Gasteiger partial charge in [0.1, 0.15) is 12.4 Å². The lowest BCUT2D eigenvalue weighted by Gasteiger charge is -2.09. The van der Waals surface area contributed by atoms with E-state index in [1.54, 1.807) is 4.68 Å². The molecule has 1 atom stereocenters. The summed E-state index contributed by atoms with van der Waals surface area (Å²) in [5, 5.41) is 17.6. The number of rotatable bonds is 7. The maximum atomic E-state index is 12.0. The van der Waals surface area contributed by atoms with Gasteiger partial charge in [-0.2, -0.15) is 4.98 Å². The molecule has 1 amide bonds. The highest BCUT2D eigenvalue weighted by Gasteiger charge is 2.17. The van der Waals surface area contributed by atoms with E-state index >= 15 is 0 Å². The van der Waals surface area contributed by atoms with Crippen molar-refractivity contribution in [2.45, 2.75) is 32.4 Å². The highest BCUT2D eigenvalue weighted by Crippen LogP contribution is 2.18. The number of nitrogens with one attached hydrogen (secondary N) is 1. The van der Waals surface area contributed by atoms with Gasteiger partial charge in [0, 0.05) is 18.5 Å². The molecule has 2 aromatic heterocycles. The third-order valence-corrected chi connectivity index (χ3v) is 3.40. The normalized spacial score (nSPS) is 12.0. The van der Waals surface area contributed by atoms with Gasteiger partial charge < -0.3 is 9.84 Å². The monoisotopic (exact) mass is 327 g/mol. The third-order valence-electron chi connectivity index (χ3n) is 3.40. The molecule has 0 saturated heterocycles. The Morgan fingerprint density at radius 1 is 1.33 bits per heavy atom. The second-order valence-corrected chi connectivity index (χ2v) is 5.29. The fourth-order valence-electron chi connectivity index (χ4n) is 2.18. The van der Waals surface area contributed by atoms with E-state index in [9.17, 15) is 4.79 Å². The Balaban J connectivity index is 1.50. The number of carbonyl (C=O) groups is 1. The lowest BCUT2D eigenvalue weighted by molar-refractivity contribution is -0.122. The first kappa shape index (κ1) is 15.8. The summed E-state index contributed by atoms with van der Waals surface area (Å²) in [6.07, 6.45) is 2.52. The molecule has 0 aliphatic heterocycles. The van der Waals surface area contributed by atoms with Crippen molar-refractivity contribution in [1.82, 2.24) is 35.7 Å². The smallest absolute Gasteiger partial charge is 0.249 e. The van der Waals surface area contributed by atoms with E-state index in [0.717, 1.165) is 5.56 Å². The van der Waals surface area contributed by atoms with Gasteiger partial charge in [0.15, 0.2) is 0 Å². The van der Waals surface area contributed by atoms with Crippen molar-refractivity contribution >= 4 is 5.91 Å². The summed E-state index contributed by atoms with van der Waals surface area (Å²) in [4.78, 5) is 16.3. The average molecular weight is 327 g/mol. The van der Waals surface area contributed by atoms with Crippen molar-refractivity contribution in [3.05, 3.63) is 42.5 Å². The van der Waals surface area contributed by atoms with Gasteiger partial charge in [-0.05, 0) is 23.8 Å². The summed E-state index contributed by atoms with van der Waals surface area (Å²) >= 11 is 0. The molecule has 0 fully saturated rings. The van der Waals surface area contributed by atoms with Crippen LogP contribution in [0.2, 0.25) is 0 Å². The zero-order chi connectivity index (χ0) is 16.8. The summed E-state index contributed by atoms with van der Waals surface area (Å²) in [6, 6.07) is 9.18. The zero-order valence-electron chi connectivity index (χ0n) is 13.2. The van der Waals surface area contributed by atoms with Crippen molar-refractivity contribution in [3.8, 4) is 11.4 Å². The first-order chi connectivity index (χ1) is 11.7. The van der Waals surface area contributed by atoms with E-state index in [1.165, 1.54) is 6.33 Å². The van der Waals surface area contributed by atoms with E-state index in [2.05, 4.69) is 31.0 Å². The molecule has 3 rings (SSSR count). The van der Waals surface area contributed by atoms with Crippen LogP contribution in [0.4, 0.5) is 0 Å². The summed E-state index contributed by atoms with van der Waals surface area (Å²) in [5.41, 5.74) is 0.868. The zero-order valence-corrected chi connectivity index (χ0v) is 13.2. The highest BCUT2D eigenvalue weighted by atomic mass is 16.5. The Morgan fingerprint density at radius 3 is 2.92 bits per heavy atom. The van der Waals surface area contributed by atoms with Gasteiger partial charge in [-0.15, -0.1) is 5.10 Å². The molecule has 0 radical (unpaired) electrons. The number of nitrogens with zero attached hydrogens (tertiary/aromatic N) is 6. The number of hydrogen-bond donors (Lipinski definition) is 1. The van der Waals surface area contributed by atoms with Gasteiger partial charge in [-0.25, -0.2) is 4.68 Å². The van der Waals surface area contributed by atoms with E-state index in [1.807, 2.05) is 37.3 Å². The highest BCUT2D eigenvalue weighted by molar-refractivity contribution is 5.76. The molecule has 0 unspecified atom stereocenters. The molecule has 1 N–H and O–H groups in total. The van der Waals surface area contributed by atoms with Crippen LogP contribution in [0.15, 0.2) is 41.2 Å². The molecule has 3 aromatic rings. The number of aromatic nitrogens is 6. The molecular formula is C15H17N7O2. The summed E-state index contributed by atoms with van der Waals surface area (Å²) in [5.74, 6) is 0.795. The van der Waals surface area contributed by atoms with E-state index in [-0.39, 0.29) is 11.9 Å². The molecule has 0 aliphatic rings. The Bertz CT molecular complexity index is 770. The maximum absolute atomic E-state index is 12.0. The molecule has 1 aromatic carbocycles. The van der Waals surface area contributed by atoms with Gasteiger partial charge in [-0.1, -0.05) is 35.5 Å². The first-order valence-corrected chi connectivity index (χ1v) is 7.61. The molecule has 9 heteroatoms. The van der Waals surface area contributed by atoms with E-state index in [0.29, 0.717) is 31.1 Å². The average Bonchev–Trinajstić information content (AvgIpc) is 3.27. The van der Waals surface area contributed by atoms with Crippen LogP contribution in [0.5, 0.6) is 0 Å². The first-order valence-electron chi connectivity index (χ1n) is 7.61. The van der Waals surface area contributed by atoms with E-state index < -0.39 is 0 Å². The molecule has 0 spiro atoms. The molecule has 0 bridgehead atoms. The molecule has 0 saturated carbocycles. The number of hydrogen-bond acceptors (Lipinski definition) is 7. The van der Waals surface area contributed by atoms with Crippen LogP contribution in [0.1, 0.15) is 31.7 Å². The summed E-state index contributed by atoms with van der Waals surface area (Å²) < 4.78 is 6.82. The summed E-state index contributed by atoms with van der Waals surface area (Å²) in [6.45, 7) is 2.40. The van der Waals surface area contributed by atoms with Crippen molar-refractivity contribution in [1.29, 1.82) is 0 Å². The maximum Gasteiger partial charge on any atom is 0.249 e. The quantitative estimate of drug-likeness (QED) is 0.697. The predicted molar refractivity (Wildman–Crippen MR) is 83.3 cm³/mol. The molecular weight excluding hydrogens is 310 g/mol. The minimum Gasteiger partial charge on any atom is -0.345 e. The molecule has 124 valence electrons. The van der Waals surface area contributed by atoms with Gasteiger partial charge in [0.05, 0.1) is 0 Å². The van der Waals surface area contributed by atoms with Crippen LogP contribution >= 0.6 is 0 Å². The predicted octanol–water partition coefficient (Wildman–Crippen LogP) is 1.38. The number of benzene rings is 1. The standard InChI is InChI=1S/C15H17N7O2/c1-11(17-13(23)8-5-9-22-10-16-20-21-22)15-18-14(19-24-15)12-6-3-2-4-7-12/h2-4,6-7,10-11H,5,8-9H2,1H3,(H,17,23)/t11-/m1/s1. The fourth-order valence-corrected chi connectivity index (χ4v) is 2.18. The van der Waals surface area contributed by atoms with Gasteiger partial charge >= 0.3 is 0 Å². The van der Waals surface area contributed by atoms with Gasteiger partial charge in [0.2, 0.25) is 17.6 Å². The number of tetrazole rings is 1. The Morgan fingerprint density at radius 2 is 2.17 bits per heavy atom. The molecule has 2 heterocycles. The lowest BCUT2D eigenvalue weighted by atomic mass is 10.2. The van der Waals surface area contributed by atoms with Crippen molar-refractivity contribution in [2.75, 3.05) is 0 Å². The number of amides is 1. The lowest BCUT2D eigenvalue weighted by Crippen LogP contribution is -2.26. The SMILES string of the molecule is C[C@@H](NC(=O)CCCn1cnnn1)c1nc(-c2ccccc2)no1. The largest absolute Gasteiger partial charge is 0.345 e. The molecule has 24 heavy (non-hydrogen) atoms. The number of aryl methyl sites for hydroxylation is 1. The Kier molecular flexibility index (Phi) is 4.90. The van der Waals surface area contributed by atoms with Crippen molar-refractivity contribution < 1.29 is 9.32 Å². The van der Waals surface area contributed by atoms with Crippen molar-refractivity contribution in [3.63, 3.8) is 0 Å². The fraction of sp³-hybridized carbons (Fsp3) is 0.333. The van der Waals surface area contributed by atoms with Crippen LogP contribution in [-0.2, 0) is 11.3 Å². The topological polar surface area (TPSA) is 112 Å². The third kappa shape index (κ3) is 4.00. The minimum absolute atomic E-state index is 0.0879. The molecule has 0 aliphatic carbocycles. The Labute approximate surface area is 138 Å². The van der Waals surface area contributed by atoms with Crippen LogP contribution in [0, 0.1) is 0 Å².